The molecule has 0 N–H and O–H groups in total. The van der Waals surface area contributed by atoms with E-state index < -0.39 is 0 Å². The SMILES string of the molecule is CCC(C)c1ccc(OCCCn2c(-c3ccc(C)cc3)nc3ccccc32)cc1. The van der Waals surface area contributed by atoms with Crippen LogP contribution in [-0.4, -0.2) is 16.2 Å². The summed E-state index contributed by atoms with van der Waals surface area (Å²) in [7, 11) is 0. The van der Waals surface area contributed by atoms with Crippen LogP contribution in [0.1, 0.15) is 43.7 Å². The molecule has 3 nitrogen and oxygen atoms in total. The number of para-hydroxylation sites is 2. The zero-order chi connectivity index (χ0) is 20.9. The Morgan fingerprint density at radius 3 is 2.40 bits per heavy atom. The second-order valence-corrected chi connectivity index (χ2v) is 8.02. The van der Waals surface area contributed by atoms with Gasteiger partial charge in [-0.3, -0.25) is 0 Å². The summed E-state index contributed by atoms with van der Waals surface area (Å²) in [6, 6.07) is 25.5. The Kier molecular flexibility index (Phi) is 6.18. The predicted molar refractivity (Wildman–Crippen MR) is 125 cm³/mol. The fraction of sp³-hybridized carbons (Fsp3) is 0.296. The van der Waals surface area contributed by atoms with Gasteiger partial charge < -0.3 is 9.30 Å². The van der Waals surface area contributed by atoms with Crippen LogP contribution in [0.4, 0.5) is 0 Å². The van der Waals surface area contributed by atoms with E-state index in [2.05, 4.69) is 92.1 Å². The van der Waals surface area contributed by atoms with Crippen molar-refractivity contribution in [2.45, 2.75) is 46.1 Å². The fourth-order valence-corrected chi connectivity index (χ4v) is 3.77. The van der Waals surface area contributed by atoms with Crippen LogP contribution < -0.4 is 4.74 Å². The first-order chi connectivity index (χ1) is 14.7. The molecule has 0 spiro atoms. The lowest BCUT2D eigenvalue weighted by atomic mass is 9.99. The van der Waals surface area contributed by atoms with E-state index in [4.69, 9.17) is 9.72 Å². The summed E-state index contributed by atoms with van der Waals surface area (Å²) in [4.78, 5) is 4.91. The molecule has 0 saturated heterocycles. The van der Waals surface area contributed by atoms with E-state index in [1.54, 1.807) is 0 Å². The number of aromatic nitrogens is 2. The van der Waals surface area contributed by atoms with Gasteiger partial charge >= 0.3 is 0 Å². The molecule has 0 aliphatic carbocycles. The number of fused-ring (bicyclic) bond motifs is 1. The molecule has 1 unspecified atom stereocenters. The third kappa shape index (κ3) is 4.40. The summed E-state index contributed by atoms with van der Waals surface area (Å²) in [6.45, 7) is 8.15. The van der Waals surface area contributed by atoms with Gasteiger partial charge in [0, 0.05) is 12.1 Å². The van der Waals surface area contributed by atoms with Gasteiger partial charge in [0.2, 0.25) is 0 Å². The van der Waals surface area contributed by atoms with Gasteiger partial charge in [0.05, 0.1) is 17.6 Å². The highest BCUT2D eigenvalue weighted by Gasteiger charge is 2.12. The Hall–Kier alpha value is -3.07. The van der Waals surface area contributed by atoms with Crippen molar-refractivity contribution < 1.29 is 4.74 Å². The van der Waals surface area contributed by atoms with Crippen LogP contribution in [0.25, 0.3) is 22.4 Å². The van der Waals surface area contributed by atoms with E-state index in [1.165, 1.54) is 16.6 Å². The Balaban J connectivity index is 1.46. The van der Waals surface area contributed by atoms with Crippen molar-refractivity contribution in [1.82, 2.24) is 9.55 Å². The molecule has 154 valence electrons. The second kappa shape index (κ2) is 9.17. The quantitative estimate of drug-likeness (QED) is 0.299. The van der Waals surface area contributed by atoms with E-state index >= 15 is 0 Å². The molecule has 1 atom stereocenters. The third-order valence-electron chi connectivity index (χ3n) is 5.82. The van der Waals surface area contributed by atoms with Crippen LogP contribution in [0.3, 0.4) is 0 Å². The smallest absolute Gasteiger partial charge is 0.141 e. The lowest BCUT2D eigenvalue weighted by Crippen LogP contribution is -2.06. The van der Waals surface area contributed by atoms with Crippen LogP contribution >= 0.6 is 0 Å². The highest BCUT2D eigenvalue weighted by atomic mass is 16.5. The molecule has 0 radical (unpaired) electrons. The summed E-state index contributed by atoms with van der Waals surface area (Å²) >= 11 is 0. The molecule has 0 saturated carbocycles. The monoisotopic (exact) mass is 398 g/mol. The minimum absolute atomic E-state index is 0.591. The highest BCUT2D eigenvalue weighted by molar-refractivity contribution is 5.80. The van der Waals surface area contributed by atoms with Gasteiger partial charge in [-0.25, -0.2) is 4.98 Å². The Morgan fingerprint density at radius 2 is 1.67 bits per heavy atom. The Morgan fingerprint density at radius 1 is 0.933 bits per heavy atom. The van der Waals surface area contributed by atoms with Crippen molar-refractivity contribution in [3.63, 3.8) is 0 Å². The number of hydrogen-bond acceptors (Lipinski definition) is 2. The van der Waals surface area contributed by atoms with E-state index in [1.807, 2.05) is 6.07 Å². The molecule has 0 bridgehead atoms. The zero-order valence-corrected chi connectivity index (χ0v) is 18.1. The van der Waals surface area contributed by atoms with Gasteiger partial charge in [0.25, 0.3) is 0 Å². The predicted octanol–water partition coefficient (Wildman–Crippen LogP) is 6.99. The second-order valence-electron chi connectivity index (χ2n) is 8.02. The first kappa shape index (κ1) is 20.2. The number of hydrogen-bond donors (Lipinski definition) is 0. The molecule has 0 fully saturated rings. The lowest BCUT2D eigenvalue weighted by Gasteiger charge is -2.12. The number of imidazole rings is 1. The molecule has 4 aromatic rings. The summed E-state index contributed by atoms with van der Waals surface area (Å²) in [5.74, 6) is 2.55. The molecule has 0 amide bonds. The van der Waals surface area contributed by atoms with Crippen molar-refractivity contribution in [3.8, 4) is 17.1 Å². The molecular formula is C27H30N2O. The largest absolute Gasteiger partial charge is 0.494 e. The standard InChI is InChI=1S/C27H30N2O/c1-4-21(3)22-14-16-24(17-15-22)30-19-7-18-29-26-9-6-5-8-25(26)28-27(29)23-12-10-20(2)11-13-23/h5-6,8-17,21H,4,7,18-19H2,1-3H3. The summed E-state index contributed by atoms with van der Waals surface area (Å²) in [5.41, 5.74) is 5.99. The maximum Gasteiger partial charge on any atom is 0.141 e. The normalized spacial score (nSPS) is 12.2. The Bertz CT molecular complexity index is 1090. The fourth-order valence-electron chi connectivity index (χ4n) is 3.77. The summed E-state index contributed by atoms with van der Waals surface area (Å²) in [5, 5.41) is 0. The third-order valence-corrected chi connectivity index (χ3v) is 5.82. The van der Waals surface area contributed by atoms with Gasteiger partial charge in [-0.2, -0.15) is 0 Å². The number of aryl methyl sites for hydroxylation is 2. The van der Waals surface area contributed by atoms with Crippen LogP contribution in [0.2, 0.25) is 0 Å². The molecule has 1 aromatic heterocycles. The van der Waals surface area contributed by atoms with Crippen LogP contribution in [0.5, 0.6) is 5.75 Å². The van der Waals surface area contributed by atoms with E-state index in [0.29, 0.717) is 12.5 Å². The summed E-state index contributed by atoms with van der Waals surface area (Å²) in [6.07, 6.45) is 2.08. The molecule has 3 heteroatoms. The lowest BCUT2D eigenvalue weighted by molar-refractivity contribution is 0.302. The number of rotatable bonds is 8. The first-order valence-electron chi connectivity index (χ1n) is 10.9. The molecular weight excluding hydrogens is 368 g/mol. The van der Waals surface area contributed by atoms with Crippen molar-refractivity contribution in [1.29, 1.82) is 0 Å². The number of nitrogens with zero attached hydrogens (tertiary/aromatic N) is 2. The van der Waals surface area contributed by atoms with Crippen molar-refractivity contribution in [2.24, 2.45) is 0 Å². The van der Waals surface area contributed by atoms with Crippen LogP contribution in [0.15, 0.2) is 72.8 Å². The van der Waals surface area contributed by atoms with Crippen LogP contribution in [0, 0.1) is 6.92 Å². The van der Waals surface area contributed by atoms with Crippen molar-refractivity contribution in [3.05, 3.63) is 83.9 Å². The van der Waals surface area contributed by atoms with Gasteiger partial charge in [0.15, 0.2) is 0 Å². The van der Waals surface area contributed by atoms with Crippen molar-refractivity contribution in [2.75, 3.05) is 6.61 Å². The minimum atomic E-state index is 0.591. The summed E-state index contributed by atoms with van der Waals surface area (Å²) < 4.78 is 8.33. The van der Waals surface area contributed by atoms with Crippen molar-refractivity contribution >= 4 is 11.0 Å². The topological polar surface area (TPSA) is 27.1 Å². The van der Waals surface area contributed by atoms with Gasteiger partial charge in [-0.1, -0.05) is 67.9 Å². The van der Waals surface area contributed by atoms with Crippen LogP contribution in [-0.2, 0) is 6.54 Å². The van der Waals surface area contributed by atoms with E-state index in [0.717, 1.165) is 42.0 Å². The molecule has 3 aromatic carbocycles. The molecule has 1 heterocycles. The molecule has 30 heavy (non-hydrogen) atoms. The van der Waals surface area contributed by atoms with E-state index in [-0.39, 0.29) is 0 Å². The Labute approximate surface area is 179 Å². The number of benzene rings is 3. The molecule has 0 aliphatic rings. The van der Waals surface area contributed by atoms with Gasteiger partial charge in [-0.15, -0.1) is 0 Å². The van der Waals surface area contributed by atoms with Gasteiger partial charge in [0.1, 0.15) is 11.6 Å². The number of ether oxygens (including phenoxy) is 1. The van der Waals surface area contributed by atoms with Gasteiger partial charge in [-0.05, 0) is 55.5 Å². The highest BCUT2D eigenvalue weighted by Crippen LogP contribution is 2.26. The zero-order valence-electron chi connectivity index (χ0n) is 18.1. The average Bonchev–Trinajstić information content (AvgIpc) is 3.15. The maximum atomic E-state index is 6.01. The molecule has 4 rings (SSSR count). The minimum Gasteiger partial charge on any atom is -0.494 e. The maximum absolute atomic E-state index is 6.01. The average molecular weight is 399 g/mol. The van der Waals surface area contributed by atoms with E-state index in [9.17, 15) is 0 Å². The first-order valence-corrected chi connectivity index (χ1v) is 10.9. The molecule has 0 aliphatic heterocycles.